The lowest BCUT2D eigenvalue weighted by Crippen LogP contribution is -2.30. The number of hydrogen-bond acceptors (Lipinski definition) is 6. The number of esters is 1. The van der Waals surface area contributed by atoms with E-state index in [-0.39, 0.29) is 24.0 Å². The molecule has 1 fully saturated rings. The first-order valence-electron chi connectivity index (χ1n) is 14.3. The third-order valence-corrected chi connectivity index (χ3v) is 8.14. The van der Waals surface area contributed by atoms with E-state index < -0.39 is 5.41 Å². The summed E-state index contributed by atoms with van der Waals surface area (Å²) in [5.41, 5.74) is 6.21. The van der Waals surface area contributed by atoms with Gasteiger partial charge in [-0.05, 0) is 86.2 Å². The predicted molar refractivity (Wildman–Crippen MR) is 176 cm³/mol. The highest BCUT2D eigenvalue weighted by Crippen LogP contribution is 2.45. The summed E-state index contributed by atoms with van der Waals surface area (Å²) in [4.78, 5) is 31.5. The highest BCUT2D eigenvalue weighted by molar-refractivity contribution is 7.80. The topological polar surface area (TPSA) is 97.7 Å². The molecule has 0 spiro atoms. The summed E-state index contributed by atoms with van der Waals surface area (Å²) < 4.78 is 12.8. The fourth-order valence-electron chi connectivity index (χ4n) is 5.54. The van der Waals surface area contributed by atoms with E-state index in [4.69, 9.17) is 21.7 Å². The second-order valence-corrected chi connectivity index (χ2v) is 12.2. The molecule has 44 heavy (non-hydrogen) atoms. The van der Waals surface area contributed by atoms with Crippen LogP contribution in [0.15, 0.2) is 72.9 Å². The van der Waals surface area contributed by atoms with Gasteiger partial charge in [0.15, 0.2) is 5.11 Å². The van der Waals surface area contributed by atoms with Crippen LogP contribution in [0.1, 0.15) is 65.9 Å². The summed E-state index contributed by atoms with van der Waals surface area (Å²) in [6, 6.07) is 20.6. The van der Waals surface area contributed by atoms with Gasteiger partial charge in [-0.15, -0.1) is 0 Å². The van der Waals surface area contributed by atoms with Crippen molar-refractivity contribution in [3.63, 3.8) is 0 Å². The summed E-state index contributed by atoms with van der Waals surface area (Å²) in [5.74, 6) is 0.0400. The van der Waals surface area contributed by atoms with Gasteiger partial charge in [-0.2, -0.15) is 0 Å². The third-order valence-electron chi connectivity index (χ3n) is 7.83. The number of nitrogens with zero attached hydrogens (tertiary/aromatic N) is 3. The van der Waals surface area contributed by atoms with Gasteiger partial charge in [0.25, 0.3) is 0 Å². The summed E-state index contributed by atoms with van der Waals surface area (Å²) in [7, 11) is 2.96. The van der Waals surface area contributed by atoms with Crippen molar-refractivity contribution in [2.45, 2.75) is 46.7 Å². The van der Waals surface area contributed by atoms with Gasteiger partial charge < -0.3 is 29.6 Å². The van der Waals surface area contributed by atoms with Crippen molar-refractivity contribution < 1.29 is 19.1 Å². The molecule has 0 aliphatic carbocycles. The molecule has 0 unspecified atom stereocenters. The van der Waals surface area contributed by atoms with Crippen molar-refractivity contribution in [1.82, 2.24) is 14.9 Å². The Labute approximate surface area is 263 Å². The molecule has 0 radical (unpaired) electrons. The Bertz CT molecular complexity index is 1710. The van der Waals surface area contributed by atoms with Crippen LogP contribution in [0.4, 0.5) is 11.4 Å². The highest BCUT2D eigenvalue weighted by atomic mass is 32.1. The van der Waals surface area contributed by atoms with Crippen LogP contribution in [-0.2, 0) is 9.53 Å². The number of pyridine rings is 1. The molecule has 1 amide bonds. The molecule has 1 aliphatic heterocycles. The number of benzene rings is 2. The average molecular weight is 612 g/mol. The molecule has 2 N–H and O–H groups in total. The minimum atomic E-state index is -0.562. The number of anilines is 2. The lowest BCUT2D eigenvalue weighted by molar-refractivity contribution is -0.123. The Balaban J connectivity index is 1.60. The van der Waals surface area contributed by atoms with Gasteiger partial charge in [-0.25, -0.2) is 4.79 Å². The van der Waals surface area contributed by atoms with Crippen LogP contribution in [0.2, 0.25) is 0 Å². The molecule has 2 atom stereocenters. The van der Waals surface area contributed by atoms with Gasteiger partial charge in [0.1, 0.15) is 5.75 Å². The molecule has 2 aromatic carbocycles. The molecule has 2 aromatic heterocycles. The number of aryl methyl sites for hydroxylation is 1. The summed E-state index contributed by atoms with van der Waals surface area (Å²) in [6.45, 7) is 9.73. The SMILES string of the molecule is COC(=O)c1ccc(-n2c(C)cc([C@H]3[C@@H](c4ccccn4)NC(=S)N3c3ccc(NC(=O)C(C)(C)C)c(OC)c3)c2C)cc1. The number of carbonyl (C=O) groups excluding carboxylic acids is 2. The second-order valence-electron chi connectivity index (χ2n) is 11.8. The minimum Gasteiger partial charge on any atom is -0.494 e. The number of nitrogens with one attached hydrogen (secondary N) is 2. The normalized spacial score (nSPS) is 16.4. The van der Waals surface area contributed by atoms with Crippen LogP contribution in [0.5, 0.6) is 5.75 Å². The number of rotatable bonds is 7. The lowest BCUT2D eigenvalue weighted by Gasteiger charge is -2.29. The van der Waals surface area contributed by atoms with Gasteiger partial charge >= 0.3 is 5.97 Å². The molecular formula is C34H37N5O4S. The van der Waals surface area contributed by atoms with Crippen LogP contribution in [-0.4, -0.2) is 40.8 Å². The first-order chi connectivity index (χ1) is 20.9. The van der Waals surface area contributed by atoms with Gasteiger partial charge in [-0.1, -0.05) is 26.8 Å². The molecule has 1 aliphatic rings. The van der Waals surface area contributed by atoms with Gasteiger partial charge in [0.05, 0.1) is 43.2 Å². The molecule has 228 valence electrons. The molecule has 0 bridgehead atoms. The highest BCUT2D eigenvalue weighted by Gasteiger charge is 2.42. The van der Waals surface area contributed by atoms with Crippen LogP contribution in [0, 0.1) is 19.3 Å². The van der Waals surface area contributed by atoms with Gasteiger partial charge in [0.2, 0.25) is 5.91 Å². The standard InChI is InChI=1S/C34H37N5O4S/c1-20-18-25(21(2)38(20)23-13-11-22(12-14-23)31(40)43-7)30-29(27-10-8-9-17-35-27)37-33(44)39(30)24-15-16-26(28(19-24)42-6)36-32(41)34(3,4)5/h8-19,29-30H,1-7H3,(H,36,41)(H,37,44)/t29-,30+/m1/s1. The van der Waals surface area contributed by atoms with Crippen molar-refractivity contribution in [1.29, 1.82) is 0 Å². The molecule has 9 nitrogen and oxygen atoms in total. The molecule has 10 heteroatoms. The molecule has 3 heterocycles. The predicted octanol–water partition coefficient (Wildman–Crippen LogP) is 6.45. The molecule has 0 saturated carbocycles. The molecule has 1 saturated heterocycles. The Kier molecular flexibility index (Phi) is 8.47. The first kappa shape index (κ1) is 30.7. The molecule has 5 rings (SSSR count). The van der Waals surface area contributed by atoms with E-state index in [2.05, 4.69) is 45.0 Å². The maximum Gasteiger partial charge on any atom is 0.337 e. The van der Waals surface area contributed by atoms with Crippen molar-refractivity contribution in [3.05, 3.63) is 101 Å². The number of hydrogen-bond donors (Lipinski definition) is 2. The number of carbonyl (C=O) groups is 2. The number of aromatic nitrogens is 2. The van der Waals surface area contributed by atoms with E-state index >= 15 is 0 Å². The maximum atomic E-state index is 12.7. The monoisotopic (exact) mass is 611 g/mol. The van der Waals surface area contributed by atoms with E-state index in [1.807, 2.05) is 69.3 Å². The Morgan fingerprint density at radius 1 is 0.977 bits per heavy atom. The number of thiocarbonyl (C=S) groups is 1. The third kappa shape index (κ3) is 5.77. The molecule has 4 aromatic rings. The zero-order chi connectivity index (χ0) is 31.8. The second kappa shape index (κ2) is 12.1. The van der Waals surface area contributed by atoms with Gasteiger partial charge in [0, 0.05) is 40.4 Å². The summed E-state index contributed by atoms with van der Waals surface area (Å²) in [6.07, 6.45) is 1.78. The van der Waals surface area contributed by atoms with E-state index in [0.29, 0.717) is 22.1 Å². The summed E-state index contributed by atoms with van der Waals surface area (Å²) in [5, 5.41) is 7.05. The summed E-state index contributed by atoms with van der Waals surface area (Å²) >= 11 is 5.96. The number of amides is 1. The fourth-order valence-corrected chi connectivity index (χ4v) is 5.89. The minimum absolute atomic E-state index is 0.109. The van der Waals surface area contributed by atoms with Crippen molar-refractivity contribution in [2.24, 2.45) is 5.41 Å². The van der Waals surface area contributed by atoms with E-state index in [1.165, 1.54) is 7.11 Å². The van der Waals surface area contributed by atoms with E-state index in [1.54, 1.807) is 25.4 Å². The van der Waals surface area contributed by atoms with E-state index in [0.717, 1.165) is 34.0 Å². The van der Waals surface area contributed by atoms with Crippen LogP contribution >= 0.6 is 12.2 Å². The Morgan fingerprint density at radius 2 is 1.68 bits per heavy atom. The first-order valence-corrected chi connectivity index (χ1v) is 14.7. The van der Waals surface area contributed by atoms with Crippen LogP contribution in [0.3, 0.4) is 0 Å². The van der Waals surface area contributed by atoms with Gasteiger partial charge in [-0.3, -0.25) is 9.78 Å². The maximum absolute atomic E-state index is 12.7. The van der Waals surface area contributed by atoms with Crippen molar-refractivity contribution in [3.8, 4) is 11.4 Å². The Hall–Kier alpha value is -4.70. The number of methoxy groups -OCH3 is 2. The van der Waals surface area contributed by atoms with Crippen molar-refractivity contribution >= 4 is 40.6 Å². The largest absolute Gasteiger partial charge is 0.494 e. The quantitative estimate of drug-likeness (QED) is 0.182. The number of ether oxygens (including phenoxy) is 2. The van der Waals surface area contributed by atoms with Crippen LogP contribution in [0.25, 0.3) is 5.69 Å². The van der Waals surface area contributed by atoms with E-state index in [9.17, 15) is 9.59 Å². The zero-order valence-electron chi connectivity index (χ0n) is 26.0. The average Bonchev–Trinajstić information content (AvgIpc) is 3.51. The smallest absolute Gasteiger partial charge is 0.337 e. The molecular weight excluding hydrogens is 574 g/mol. The van der Waals surface area contributed by atoms with Crippen LogP contribution < -0.4 is 20.3 Å². The van der Waals surface area contributed by atoms with Crippen molar-refractivity contribution in [2.75, 3.05) is 24.4 Å². The fraction of sp³-hybridized carbons (Fsp3) is 0.294. The Morgan fingerprint density at radius 3 is 2.30 bits per heavy atom. The zero-order valence-corrected chi connectivity index (χ0v) is 26.8. The lowest BCUT2D eigenvalue weighted by atomic mass is 9.95.